The molecule has 2 unspecified atom stereocenters. The summed E-state index contributed by atoms with van der Waals surface area (Å²) in [4.78, 5) is 24.5. The van der Waals surface area contributed by atoms with Crippen LogP contribution >= 0.6 is 45.2 Å². The van der Waals surface area contributed by atoms with Gasteiger partial charge in [0.2, 0.25) is 11.6 Å². The van der Waals surface area contributed by atoms with Gasteiger partial charge in [-0.15, -0.1) is 0 Å². The second-order valence-corrected chi connectivity index (χ2v) is 9.65. The second-order valence-electron chi connectivity index (χ2n) is 7.33. The minimum Gasteiger partial charge on any atom is -0.390 e. The van der Waals surface area contributed by atoms with Crippen molar-refractivity contribution in [3.63, 3.8) is 0 Å². The molecule has 0 bridgehead atoms. The molecular formula is C22H24I2O6. The normalized spacial score (nSPS) is 15.3. The van der Waals surface area contributed by atoms with Gasteiger partial charge in [-0.1, -0.05) is 24.3 Å². The predicted molar refractivity (Wildman–Crippen MR) is 129 cm³/mol. The van der Waals surface area contributed by atoms with Gasteiger partial charge in [-0.05, 0) is 93.4 Å². The maximum atomic E-state index is 12.3. The van der Waals surface area contributed by atoms with Gasteiger partial charge in [0, 0.05) is 20.0 Å². The zero-order valence-corrected chi connectivity index (χ0v) is 20.9. The van der Waals surface area contributed by atoms with Crippen LogP contribution in [-0.2, 0) is 22.4 Å². The molecule has 8 heteroatoms. The Kier molecular flexibility index (Phi) is 9.37. The average molecular weight is 638 g/mol. The summed E-state index contributed by atoms with van der Waals surface area (Å²) in [6.07, 6.45) is -7.05. The van der Waals surface area contributed by atoms with E-state index in [9.17, 15) is 30.0 Å². The van der Waals surface area contributed by atoms with Crippen molar-refractivity contribution in [1.82, 2.24) is 0 Å². The van der Waals surface area contributed by atoms with Crippen molar-refractivity contribution in [3.8, 4) is 0 Å². The number of hydrogen-bond donors (Lipinski definition) is 4. The van der Waals surface area contributed by atoms with Crippen LogP contribution in [-0.4, -0.2) is 56.4 Å². The molecule has 2 aromatic carbocycles. The Morgan fingerprint density at radius 3 is 1.37 bits per heavy atom. The molecule has 0 amide bonds. The minimum atomic E-state index is -1.99. The number of rotatable bonds is 9. The van der Waals surface area contributed by atoms with Crippen molar-refractivity contribution in [2.24, 2.45) is 0 Å². The number of Topliss-reactive ketones (excluding diaryl/α,β-unsaturated/α-hetero) is 2. The van der Waals surface area contributed by atoms with Gasteiger partial charge in [0.15, 0.2) is 0 Å². The van der Waals surface area contributed by atoms with E-state index in [1.54, 1.807) is 12.1 Å². The van der Waals surface area contributed by atoms with Crippen LogP contribution in [0.1, 0.15) is 22.3 Å². The van der Waals surface area contributed by atoms with Gasteiger partial charge in [0.1, 0.15) is 12.2 Å². The molecule has 0 aromatic heterocycles. The molecule has 4 atom stereocenters. The Hall–Kier alpha value is -0.920. The van der Waals surface area contributed by atoms with Gasteiger partial charge < -0.3 is 20.4 Å². The predicted octanol–water partition coefficient (Wildman–Crippen LogP) is 1.88. The maximum absolute atomic E-state index is 12.3. The molecule has 0 radical (unpaired) electrons. The summed E-state index contributed by atoms with van der Waals surface area (Å²) >= 11 is 4.34. The number of aliphatic hydroxyl groups is 4. The Morgan fingerprint density at radius 2 is 1.07 bits per heavy atom. The average Bonchev–Trinajstić information content (AvgIpc) is 2.71. The lowest BCUT2D eigenvalue weighted by Crippen LogP contribution is -2.47. The van der Waals surface area contributed by atoms with Crippen molar-refractivity contribution in [2.45, 2.75) is 51.1 Å². The molecule has 0 spiro atoms. The number of carbonyl (C=O) groups is 2. The lowest BCUT2D eigenvalue weighted by molar-refractivity contribution is -0.152. The Labute approximate surface area is 202 Å². The molecule has 6 nitrogen and oxygen atoms in total. The molecule has 0 aliphatic heterocycles. The fraction of sp³-hybridized carbons (Fsp3) is 0.364. The van der Waals surface area contributed by atoms with Gasteiger partial charge in [0.05, 0.1) is 12.2 Å². The largest absolute Gasteiger partial charge is 0.390 e. The van der Waals surface area contributed by atoms with E-state index >= 15 is 0 Å². The zero-order chi connectivity index (χ0) is 22.6. The lowest BCUT2D eigenvalue weighted by atomic mass is 9.94. The monoisotopic (exact) mass is 638 g/mol. The first kappa shape index (κ1) is 25.3. The third kappa shape index (κ3) is 6.54. The SMILES string of the molecule is Cc1cc(CC(O)[C@H](O)C(=O)C(=O)[C@H](O)C(O)Cc2ccc(I)c(C)c2)ccc1I. The number of carbonyl (C=O) groups excluding carboxylic acids is 2. The van der Waals surface area contributed by atoms with Gasteiger partial charge in [-0.25, -0.2) is 0 Å². The van der Waals surface area contributed by atoms with E-state index in [0.29, 0.717) is 11.1 Å². The topological polar surface area (TPSA) is 115 Å². The van der Waals surface area contributed by atoms with Crippen molar-refractivity contribution in [2.75, 3.05) is 0 Å². The minimum absolute atomic E-state index is 0.0292. The van der Waals surface area contributed by atoms with Crippen molar-refractivity contribution < 1.29 is 30.0 Å². The Morgan fingerprint density at radius 1 is 0.733 bits per heavy atom. The molecular weight excluding hydrogens is 614 g/mol. The molecule has 162 valence electrons. The molecule has 4 N–H and O–H groups in total. The maximum Gasteiger partial charge on any atom is 0.232 e. The van der Waals surface area contributed by atoms with Crippen LogP contribution in [0, 0.1) is 21.0 Å². The quantitative estimate of drug-likeness (QED) is 0.247. The Balaban J connectivity index is 2.00. The molecule has 0 saturated carbocycles. The standard InChI is InChI=1S/C22H24I2O6/c1-11-7-13(3-5-15(11)23)9-17(25)19(27)21(29)22(30)20(28)18(26)10-14-4-6-16(24)12(2)8-14/h3-8,17-20,25-28H,9-10H2,1-2H3/t17?,18?,19-,20+. The fourth-order valence-electron chi connectivity index (χ4n) is 3.01. The Bertz CT molecular complexity index is 854. The fourth-order valence-corrected chi connectivity index (χ4v) is 3.69. The van der Waals surface area contributed by atoms with Crippen LogP contribution in [0.3, 0.4) is 0 Å². The summed E-state index contributed by atoms with van der Waals surface area (Å²) < 4.78 is 2.08. The summed E-state index contributed by atoms with van der Waals surface area (Å²) in [7, 11) is 0. The van der Waals surface area contributed by atoms with Crippen LogP contribution < -0.4 is 0 Å². The number of hydrogen-bond acceptors (Lipinski definition) is 6. The van der Waals surface area contributed by atoms with E-state index in [1.807, 2.05) is 38.1 Å². The van der Waals surface area contributed by atoms with Gasteiger partial charge in [-0.2, -0.15) is 0 Å². The van der Waals surface area contributed by atoms with E-state index in [2.05, 4.69) is 45.2 Å². The van der Waals surface area contributed by atoms with Gasteiger partial charge in [-0.3, -0.25) is 9.59 Å². The van der Waals surface area contributed by atoms with E-state index in [1.165, 1.54) is 0 Å². The number of halogens is 2. The van der Waals surface area contributed by atoms with Crippen LogP contribution in [0.25, 0.3) is 0 Å². The van der Waals surface area contributed by atoms with E-state index in [0.717, 1.165) is 18.3 Å². The molecule has 0 aliphatic rings. The van der Waals surface area contributed by atoms with Crippen molar-refractivity contribution in [3.05, 3.63) is 65.8 Å². The smallest absolute Gasteiger partial charge is 0.232 e. The van der Waals surface area contributed by atoms with Gasteiger partial charge >= 0.3 is 0 Å². The van der Waals surface area contributed by atoms with Crippen LogP contribution in [0.5, 0.6) is 0 Å². The first-order valence-corrected chi connectivity index (χ1v) is 11.5. The molecule has 0 fully saturated rings. The van der Waals surface area contributed by atoms with Gasteiger partial charge in [0.25, 0.3) is 0 Å². The number of aryl methyl sites for hydroxylation is 2. The van der Waals surface area contributed by atoms with E-state index < -0.39 is 36.0 Å². The number of aliphatic hydroxyl groups excluding tert-OH is 4. The summed E-state index contributed by atoms with van der Waals surface area (Å²) in [5, 5.41) is 40.6. The molecule has 30 heavy (non-hydrogen) atoms. The second kappa shape index (κ2) is 11.1. The molecule has 2 rings (SSSR count). The number of benzene rings is 2. The summed E-state index contributed by atoms with van der Waals surface area (Å²) in [5.74, 6) is -2.65. The van der Waals surface area contributed by atoms with Crippen molar-refractivity contribution >= 4 is 56.7 Å². The number of ketones is 2. The highest BCUT2D eigenvalue weighted by atomic mass is 127. The van der Waals surface area contributed by atoms with E-state index in [-0.39, 0.29) is 12.8 Å². The third-order valence-electron chi connectivity index (χ3n) is 4.84. The first-order chi connectivity index (χ1) is 14.0. The highest BCUT2D eigenvalue weighted by molar-refractivity contribution is 14.1. The lowest BCUT2D eigenvalue weighted by Gasteiger charge is -2.20. The van der Waals surface area contributed by atoms with Crippen molar-refractivity contribution in [1.29, 1.82) is 0 Å². The highest BCUT2D eigenvalue weighted by Gasteiger charge is 2.36. The van der Waals surface area contributed by atoms with Crippen LogP contribution in [0.2, 0.25) is 0 Å². The van der Waals surface area contributed by atoms with Crippen LogP contribution in [0.15, 0.2) is 36.4 Å². The highest BCUT2D eigenvalue weighted by Crippen LogP contribution is 2.17. The summed E-state index contributed by atoms with van der Waals surface area (Å²) in [6, 6.07) is 10.9. The summed E-state index contributed by atoms with van der Waals surface area (Å²) in [6.45, 7) is 3.80. The molecule has 2 aromatic rings. The van der Waals surface area contributed by atoms with E-state index in [4.69, 9.17) is 0 Å². The molecule has 0 saturated heterocycles. The molecule has 0 heterocycles. The molecule has 0 aliphatic carbocycles. The third-order valence-corrected chi connectivity index (χ3v) is 7.26. The summed E-state index contributed by atoms with van der Waals surface area (Å²) in [5.41, 5.74) is 3.38. The first-order valence-electron chi connectivity index (χ1n) is 9.31. The zero-order valence-electron chi connectivity index (χ0n) is 16.5. The van der Waals surface area contributed by atoms with Crippen LogP contribution in [0.4, 0.5) is 0 Å².